The highest BCUT2D eigenvalue weighted by atomic mass is 16.2. The van der Waals surface area contributed by atoms with Gasteiger partial charge in [-0.05, 0) is 12.2 Å². The zero-order chi connectivity index (χ0) is 9.72. The predicted molar refractivity (Wildman–Crippen MR) is 44.2 cm³/mol. The minimum Gasteiger partial charge on any atom is -0.369 e. The van der Waals surface area contributed by atoms with Crippen LogP contribution in [0.3, 0.4) is 0 Å². The third-order valence-corrected chi connectivity index (χ3v) is 1.03. The number of nitrogens with zero attached hydrogens (tertiary/aromatic N) is 1. The first-order chi connectivity index (χ1) is 5.54. The van der Waals surface area contributed by atoms with E-state index in [1.165, 1.54) is 0 Å². The first kappa shape index (κ1) is 10.1. The number of nitrogens with two attached hydrogens (primary N) is 1. The summed E-state index contributed by atoms with van der Waals surface area (Å²) >= 11 is 0. The molecule has 0 rings (SSSR count). The molecule has 0 aromatic rings. The Balaban J connectivity index is 4.78. The average Bonchev–Trinajstić information content (AvgIpc) is 2.03. The maximum atomic E-state index is 10.9. The number of guanidine groups is 1. The molecule has 0 saturated carbocycles. The van der Waals surface area contributed by atoms with Gasteiger partial charge in [0.05, 0.1) is 0 Å². The summed E-state index contributed by atoms with van der Waals surface area (Å²) in [5, 5.41) is 6.89. The van der Waals surface area contributed by atoms with Crippen molar-refractivity contribution in [3.63, 3.8) is 0 Å². The van der Waals surface area contributed by atoms with Crippen LogP contribution in [0.1, 0.15) is 0 Å². The summed E-state index contributed by atoms with van der Waals surface area (Å²) in [5.41, 5.74) is 4.96. The lowest BCUT2D eigenvalue weighted by Gasteiger charge is -2.13. The second-order valence-electron chi connectivity index (χ2n) is 1.81. The van der Waals surface area contributed by atoms with Gasteiger partial charge in [-0.15, -0.1) is 0 Å². The number of hydrogen-bond acceptors (Lipinski definition) is 3. The van der Waals surface area contributed by atoms with Crippen molar-refractivity contribution in [3.8, 4) is 0 Å². The highest BCUT2D eigenvalue weighted by molar-refractivity contribution is 6.16. The molecule has 0 fully saturated rings. The molecule has 5 nitrogen and oxygen atoms in total. The second-order valence-corrected chi connectivity index (χ2v) is 1.81. The number of nitrogens with one attached hydrogen (secondary N) is 1. The van der Waals surface area contributed by atoms with Gasteiger partial charge in [-0.1, -0.05) is 13.2 Å². The fourth-order valence-electron chi connectivity index (χ4n) is 0.529. The maximum Gasteiger partial charge on any atom is 0.259 e. The summed E-state index contributed by atoms with van der Waals surface area (Å²) in [4.78, 5) is 22.2. The van der Waals surface area contributed by atoms with Crippen molar-refractivity contribution < 1.29 is 9.59 Å². The van der Waals surface area contributed by atoms with E-state index in [-0.39, 0.29) is 0 Å². The van der Waals surface area contributed by atoms with Crippen LogP contribution in [-0.2, 0) is 9.59 Å². The third-order valence-electron chi connectivity index (χ3n) is 1.03. The van der Waals surface area contributed by atoms with Crippen molar-refractivity contribution in [2.45, 2.75) is 0 Å². The number of carbonyl (C=O) groups is 2. The van der Waals surface area contributed by atoms with E-state index >= 15 is 0 Å². The Bertz CT molecular complexity index is 237. The van der Waals surface area contributed by atoms with Gasteiger partial charge >= 0.3 is 0 Å². The Morgan fingerprint density at radius 3 is 1.75 bits per heavy atom. The number of amides is 2. The molecule has 0 unspecified atom stereocenters. The summed E-state index contributed by atoms with van der Waals surface area (Å²) in [6.45, 7) is 6.30. The van der Waals surface area contributed by atoms with Crippen molar-refractivity contribution in [3.05, 3.63) is 25.3 Å². The molecule has 0 atom stereocenters. The van der Waals surface area contributed by atoms with Gasteiger partial charge in [0.25, 0.3) is 11.8 Å². The van der Waals surface area contributed by atoms with Crippen LogP contribution >= 0.6 is 0 Å². The first-order valence-electron chi connectivity index (χ1n) is 3.01. The number of rotatable bonds is 2. The van der Waals surface area contributed by atoms with Crippen molar-refractivity contribution in [2.75, 3.05) is 0 Å². The molecule has 64 valence electrons. The fourth-order valence-corrected chi connectivity index (χ4v) is 0.529. The molecule has 0 heterocycles. The number of imide groups is 1. The summed E-state index contributed by atoms with van der Waals surface area (Å²) in [5.74, 6) is -2.13. The number of hydrogen-bond donors (Lipinski definition) is 2. The zero-order valence-corrected chi connectivity index (χ0v) is 6.41. The van der Waals surface area contributed by atoms with Gasteiger partial charge < -0.3 is 5.73 Å². The molecule has 5 heteroatoms. The molecule has 0 aliphatic heterocycles. The predicted octanol–water partition coefficient (Wildman–Crippen LogP) is -0.393. The van der Waals surface area contributed by atoms with Crippen LogP contribution in [-0.4, -0.2) is 22.7 Å². The molecule has 3 N–H and O–H groups in total. The molecule has 0 aromatic carbocycles. The molecular weight excluding hydrogens is 158 g/mol. The van der Waals surface area contributed by atoms with Crippen molar-refractivity contribution in [1.82, 2.24) is 4.90 Å². The average molecular weight is 167 g/mol. The normalized spacial score (nSPS) is 8.33. The van der Waals surface area contributed by atoms with E-state index < -0.39 is 17.8 Å². The van der Waals surface area contributed by atoms with E-state index in [0.717, 1.165) is 12.2 Å². The fraction of sp³-hybridized carbons (Fsp3) is 0. The van der Waals surface area contributed by atoms with Crippen LogP contribution in [0.25, 0.3) is 0 Å². The van der Waals surface area contributed by atoms with Gasteiger partial charge in [0.1, 0.15) is 0 Å². The van der Waals surface area contributed by atoms with Gasteiger partial charge in [0.15, 0.2) is 0 Å². The zero-order valence-electron chi connectivity index (χ0n) is 6.41. The Hall–Kier alpha value is -1.91. The van der Waals surface area contributed by atoms with Crippen LogP contribution in [0, 0.1) is 5.41 Å². The lowest BCUT2D eigenvalue weighted by atomic mass is 10.4. The minimum atomic E-state index is -0.743. The molecule has 0 saturated heterocycles. The molecular formula is C7H9N3O2. The van der Waals surface area contributed by atoms with Crippen molar-refractivity contribution in [2.24, 2.45) is 5.73 Å². The maximum absolute atomic E-state index is 10.9. The largest absolute Gasteiger partial charge is 0.369 e. The van der Waals surface area contributed by atoms with E-state index in [1.807, 2.05) is 0 Å². The number of carbonyl (C=O) groups excluding carboxylic acids is 2. The first-order valence-corrected chi connectivity index (χ1v) is 3.01. The third kappa shape index (κ3) is 2.05. The molecule has 0 aliphatic carbocycles. The van der Waals surface area contributed by atoms with Crippen LogP contribution in [0.4, 0.5) is 0 Å². The van der Waals surface area contributed by atoms with E-state index in [0.29, 0.717) is 4.90 Å². The highest BCUT2D eigenvalue weighted by Crippen LogP contribution is 1.91. The monoisotopic (exact) mass is 167 g/mol. The van der Waals surface area contributed by atoms with Crippen LogP contribution in [0.15, 0.2) is 25.3 Å². The van der Waals surface area contributed by atoms with E-state index in [1.54, 1.807) is 0 Å². The topological polar surface area (TPSA) is 87.2 Å². The lowest BCUT2D eigenvalue weighted by Crippen LogP contribution is -2.43. The second kappa shape index (κ2) is 4.07. The van der Waals surface area contributed by atoms with Gasteiger partial charge in [-0.2, -0.15) is 0 Å². The standard InChI is InChI=1S/C7H9N3O2/c1-3-5(11)10(7(8)9)6(12)4-2/h3-4H,1-2H2,(H3,8,9). The molecule has 12 heavy (non-hydrogen) atoms. The molecule has 0 aromatic heterocycles. The molecule has 0 aliphatic rings. The smallest absolute Gasteiger partial charge is 0.259 e. The van der Waals surface area contributed by atoms with Gasteiger partial charge in [-0.25, -0.2) is 4.90 Å². The van der Waals surface area contributed by atoms with Crippen LogP contribution in [0.5, 0.6) is 0 Å². The Morgan fingerprint density at radius 2 is 1.58 bits per heavy atom. The van der Waals surface area contributed by atoms with Crippen molar-refractivity contribution in [1.29, 1.82) is 5.41 Å². The van der Waals surface area contributed by atoms with Gasteiger partial charge in [-0.3, -0.25) is 15.0 Å². The Kier molecular flexibility index (Phi) is 3.42. The van der Waals surface area contributed by atoms with Crippen molar-refractivity contribution >= 4 is 17.8 Å². The summed E-state index contributed by atoms with van der Waals surface area (Å²) in [7, 11) is 0. The summed E-state index contributed by atoms with van der Waals surface area (Å²) in [6, 6.07) is 0. The lowest BCUT2D eigenvalue weighted by molar-refractivity contribution is -0.133. The van der Waals surface area contributed by atoms with Gasteiger partial charge in [0.2, 0.25) is 5.96 Å². The molecule has 0 spiro atoms. The summed E-state index contributed by atoms with van der Waals surface area (Å²) in [6.07, 6.45) is 1.78. The van der Waals surface area contributed by atoms with E-state index in [2.05, 4.69) is 13.2 Å². The molecule has 2 amide bonds. The van der Waals surface area contributed by atoms with Gasteiger partial charge in [0, 0.05) is 0 Å². The Morgan fingerprint density at radius 1 is 1.25 bits per heavy atom. The van der Waals surface area contributed by atoms with E-state index in [4.69, 9.17) is 11.1 Å². The van der Waals surface area contributed by atoms with E-state index in [9.17, 15) is 9.59 Å². The van der Waals surface area contributed by atoms with Crippen LogP contribution < -0.4 is 5.73 Å². The molecule has 0 bridgehead atoms. The quantitative estimate of drug-likeness (QED) is 0.333. The SMILES string of the molecule is C=CC(=O)N(C(=N)N)C(=O)C=C. The summed E-state index contributed by atoms with van der Waals surface area (Å²) < 4.78 is 0. The minimum absolute atomic E-state index is 0.458. The Labute approximate surface area is 69.7 Å². The van der Waals surface area contributed by atoms with Crippen LogP contribution in [0.2, 0.25) is 0 Å². The molecule has 0 radical (unpaired) electrons. The highest BCUT2D eigenvalue weighted by Gasteiger charge is 2.18.